The summed E-state index contributed by atoms with van der Waals surface area (Å²) in [6.07, 6.45) is -2.57. The van der Waals surface area contributed by atoms with Crippen molar-refractivity contribution in [3.05, 3.63) is 29.8 Å². The fraction of sp³-hybridized carbons (Fsp3) is 0.579. The van der Waals surface area contributed by atoms with E-state index in [0.29, 0.717) is 0 Å². The standard InChI is InChI=1S/C19H25F3N2O3/c1-12(13-7-8-13)24(15-6-4-5-14(11-15)19(20,21)22)17(27)16(26)23-18(2,3)9-10-25/h4-6,11-13,25H,7-10H2,1-3H3,(H,23,26)/t12-/m1/s1. The van der Waals surface area contributed by atoms with Gasteiger partial charge in [0.1, 0.15) is 0 Å². The van der Waals surface area contributed by atoms with Crippen molar-refractivity contribution in [3.8, 4) is 0 Å². The van der Waals surface area contributed by atoms with E-state index >= 15 is 0 Å². The van der Waals surface area contributed by atoms with E-state index in [1.165, 1.54) is 12.1 Å². The van der Waals surface area contributed by atoms with Gasteiger partial charge in [0.25, 0.3) is 0 Å². The Morgan fingerprint density at radius 2 is 1.93 bits per heavy atom. The van der Waals surface area contributed by atoms with Crippen molar-refractivity contribution < 1.29 is 27.9 Å². The maximum absolute atomic E-state index is 13.1. The number of carbonyl (C=O) groups is 2. The van der Waals surface area contributed by atoms with Crippen molar-refractivity contribution in [2.24, 2.45) is 5.92 Å². The number of anilines is 1. The van der Waals surface area contributed by atoms with Gasteiger partial charge in [0, 0.05) is 23.9 Å². The molecule has 1 aromatic rings. The highest BCUT2D eigenvalue weighted by molar-refractivity contribution is 6.40. The number of halogens is 3. The van der Waals surface area contributed by atoms with Crippen molar-refractivity contribution in [2.45, 2.75) is 57.8 Å². The molecule has 0 spiro atoms. The van der Waals surface area contributed by atoms with Gasteiger partial charge in [-0.15, -0.1) is 0 Å². The van der Waals surface area contributed by atoms with Crippen molar-refractivity contribution in [3.63, 3.8) is 0 Å². The normalized spacial score (nSPS) is 16.0. The van der Waals surface area contributed by atoms with Gasteiger partial charge < -0.3 is 15.3 Å². The molecule has 2 N–H and O–H groups in total. The maximum atomic E-state index is 13.1. The molecule has 0 unspecified atom stereocenters. The number of aliphatic hydroxyl groups excluding tert-OH is 1. The Morgan fingerprint density at radius 1 is 1.30 bits per heavy atom. The van der Waals surface area contributed by atoms with Gasteiger partial charge >= 0.3 is 18.0 Å². The third-order valence-corrected chi connectivity index (χ3v) is 4.76. The minimum Gasteiger partial charge on any atom is -0.396 e. The molecule has 27 heavy (non-hydrogen) atoms. The smallest absolute Gasteiger partial charge is 0.396 e. The van der Waals surface area contributed by atoms with Gasteiger partial charge in [-0.2, -0.15) is 13.2 Å². The highest BCUT2D eigenvalue weighted by Crippen LogP contribution is 2.38. The molecule has 0 heterocycles. The first-order valence-electron chi connectivity index (χ1n) is 8.90. The zero-order valence-corrected chi connectivity index (χ0v) is 15.6. The molecular formula is C19H25F3N2O3. The first-order chi connectivity index (χ1) is 12.5. The number of carbonyl (C=O) groups excluding carboxylic acids is 2. The lowest BCUT2D eigenvalue weighted by molar-refractivity contribution is -0.139. The van der Waals surface area contributed by atoms with Gasteiger partial charge in [-0.3, -0.25) is 9.59 Å². The number of nitrogens with zero attached hydrogens (tertiary/aromatic N) is 1. The monoisotopic (exact) mass is 386 g/mol. The summed E-state index contributed by atoms with van der Waals surface area (Å²) < 4.78 is 39.2. The molecule has 5 nitrogen and oxygen atoms in total. The molecule has 1 atom stereocenters. The molecule has 2 rings (SSSR count). The molecule has 1 fully saturated rings. The summed E-state index contributed by atoms with van der Waals surface area (Å²) in [5, 5.41) is 11.6. The van der Waals surface area contributed by atoms with E-state index in [0.717, 1.165) is 29.9 Å². The van der Waals surface area contributed by atoms with Crippen LogP contribution in [0.3, 0.4) is 0 Å². The molecule has 1 saturated carbocycles. The van der Waals surface area contributed by atoms with E-state index in [4.69, 9.17) is 5.11 Å². The molecule has 0 radical (unpaired) electrons. The van der Waals surface area contributed by atoms with Gasteiger partial charge in [0.05, 0.1) is 5.56 Å². The lowest BCUT2D eigenvalue weighted by Crippen LogP contribution is -2.53. The Morgan fingerprint density at radius 3 is 2.44 bits per heavy atom. The summed E-state index contributed by atoms with van der Waals surface area (Å²) in [6, 6.07) is 4.05. The number of nitrogens with one attached hydrogen (secondary N) is 1. The van der Waals surface area contributed by atoms with Crippen LogP contribution in [0.2, 0.25) is 0 Å². The number of alkyl halides is 3. The van der Waals surface area contributed by atoms with Crippen LogP contribution in [0.15, 0.2) is 24.3 Å². The third-order valence-electron chi connectivity index (χ3n) is 4.76. The van der Waals surface area contributed by atoms with Gasteiger partial charge in [0.2, 0.25) is 0 Å². The van der Waals surface area contributed by atoms with Crippen LogP contribution in [0.1, 0.15) is 45.6 Å². The first-order valence-corrected chi connectivity index (χ1v) is 8.90. The predicted molar refractivity (Wildman–Crippen MR) is 95.0 cm³/mol. The minimum absolute atomic E-state index is 0.0457. The second kappa shape index (κ2) is 7.88. The van der Waals surface area contributed by atoms with Gasteiger partial charge in [-0.05, 0) is 64.2 Å². The Bertz CT molecular complexity index is 700. The predicted octanol–water partition coefficient (Wildman–Crippen LogP) is 3.11. The zero-order chi connectivity index (χ0) is 20.4. The van der Waals surface area contributed by atoms with Crippen LogP contribution < -0.4 is 10.2 Å². The molecular weight excluding hydrogens is 361 g/mol. The number of aliphatic hydroxyl groups is 1. The van der Waals surface area contributed by atoms with E-state index in [2.05, 4.69) is 5.32 Å². The molecule has 1 aromatic carbocycles. The topological polar surface area (TPSA) is 69.6 Å². The summed E-state index contributed by atoms with van der Waals surface area (Å²) in [5.41, 5.74) is -1.64. The van der Waals surface area contributed by atoms with Crippen LogP contribution in [-0.4, -0.2) is 35.1 Å². The van der Waals surface area contributed by atoms with Crippen molar-refractivity contribution in [1.82, 2.24) is 5.32 Å². The fourth-order valence-corrected chi connectivity index (χ4v) is 2.97. The quantitative estimate of drug-likeness (QED) is 0.738. The largest absolute Gasteiger partial charge is 0.416 e. The molecule has 2 amide bonds. The van der Waals surface area contributed by atoms with Crippen molar-refractivity contribution in [1.29, 1.82) is 0 Å². The van der Waals surface area contributed by atoms with E-state index in [-0.39, 0.29) is 24.6 Å². The van der Waals surface area contributed by atoms with E-state index in [1.807, 2.05) is 0 Å². The van der Waals surface area contributed by atoms with E-state index < -0.39 is 35.1 Å². The summed E-state index contributed by atoms with van der Waals surface area (Å²) >= 11 is 0. The first kappa shape index (κ1) is 21.2. The number of rotatable bonds is 6. The molecule has 0 aliphatic heterocycles. The van der Waals surface area contributed by atoms with Crippen LogP contribution in [0.4, 0.5) is 18.9 Å². The third kappa shape index (κ3) is 5.45. The average molecular weight is 386 g/mol. The number of amides is 2. The second-order valence-corrected chi connectivity index (χ2v) is 7.61. The fourth-order valence-electron chi connectivity index (χ4n) is 2.97. The molecule has 0 aromatic heterocycles. The number of hydrogen-bond donors (Lipinski definition) is 2. The molecule has 0 bridgehead atoms. The van der Waals surface area contributed by atoms with Crippen LogP contribution in [0.5, 0.6) is 0 Å². The number of benzene rings is 1. The second-order valence-electron chi connectivity index (χ2n) is 7.61. The van der Waals surface area contributed by atoms with Crippen LogP contribution in [0, 0.1) is 5.92 Å². The number of hydrogen-bond acceptors (Lipinski definition) is 3. The molecule has 8 heteroatoms. The maximum Gasteiger partial charge on any atom is 0.416 e. The SMILES string of the molecule is C[C@H](C1CC1)N(C(=O)C(=O)NC(C)(C)CCO)c1cccc(C(F)(F)F)c1. The highest BCUT2D eigenvalue weighted by Gasteiger charge is 2.39. The Labute approximate surface area is 156 Å². The highest BCUT2D eigenvalue weighted by atomic mass is 19.4. The summed E-state index contributed by atoms with van der Waals surface area (Å²) in [4.78, 5) is 26.5. The Balaban J connectivity index is 2.32. The Kier molecular flexibility index (Phi) is 6.19. The average Bonchev–Trinajstić information content (AvgIpc) is 3.38. The van der Waals surface area contributed by atoms with Crippen LogP contribution in [-0.2, 0) is 15.8 Å². The van der Waals surface area contributed by atoms with Gasteiger partial charge in [-0.1, -0.05) is 6.07 Å². The lowest BCUT2D eigenvalue weighted by Gasteiger charge is -2.31. The van der Waals surface area contributed by atoms with Crippen LogP contribution in [0.25, 0.3) is 0 Å². The minimum atomic E-state index is -4.54. The lowest BCUT2D eigenvalue weighted by atomic mass is 10.0. The summed E-state index contributed by atoms with van der Waals surface area (Å²) in [6.45, 7) is 4.89. The molecule has 1 aliphatic rings. The van der Waals surface area contributed by atoms with E-state index in [9.17, 15) is 22.8 Å². The Hall–Kier alpha value is -2.09. The van der Waals surface area contributed by atoms with Crippen molar-refractivity contribution in [2.75, 3.05) is 11.5 Å². The van der Waals surface area contributed by atoms with Crippen LogP contribution >= 0.6 is 0 Å². The summed E-state index contributed by atoms with van der Waals surface area (Å²) in [5.74, 6) is -1.65. The van der Waals surface area contributed by atoms with Gasteiger partial charge in [0.15, 0.2) is 0 Å². The van der Waals surface area contributed by atoms with Crippen molar-refractivity contribution >= 4 is 17.5 Å². The molecule has 150 valence electrons. The van der Waals surface area contributed by atoms with E-state index in [1.54, 1.807) is 20.8 Å². The zero-order valence-electron chi connectivity index (χ0n) is 15.6. The summed E-state index contributed by atoms with van der Waals surface area (Å²) in [7, 11) is 0. The van der Waals surface area contributed by atoms with Gasteiger partial charge in [-0.25, -0.2) is 0 Å². The molecule has 0 saturated heterocycles. The molecule has 1 aliphatic carbocycles.